The van der Waals surface area contributed by atoms with Crippen LogP contribution in [0.2, 0.25) is 0 Å². The number of unbranched alkanes of at least 4 members (excludes halogenated alkanes) is 4. The van der Waals surface area contributed by atoms with Gasteiger partial charge in [0.25, 0.3) is 0 Å². The van der Waals surface area contributed by atoms with Crippen molar-refractivity contribution in [3.63, 3.8) is 0 Å². The van der Waals surface area contributed by atoms with Crippen LogP contribution < -0.4 is 9.47 Å². The highest BCUT2D eigenvalue weighted by Gasteiger charge is 2.14. The number of ketones is 1. The van der Waals surface area contributed by atoms with Crippen molar-refractivity contribution in [2.75, 3.05) is 13.7 Å². The molecule has 6 nitrogen and oxygen atoms in total. The first kappa shape index (κ1) is 26.4. The number of allylic oxidation sites excluding steroid dienone is 2. The number of benzene rings is 1. The Morgan fingerprint density at radius 3 is 2.42 bits per heavy atom. The van der Waals surface area contributed by atoms with Gasteiger partial charge in [-0.05, 0) is 56.4 Å². The average molecular weight is 433 g/mol. The Balaban J connectivity index is 2.31. The number of carbonyl (C=O) groups is 3. The van der Waals surface area contributed by atoms with Crippen LogP contribution in [0.25, 0.3) is 0 Å². The van der Waals surface area contributed by atoms with Gasteiger partial charge in [-0.15, -0.1) is 0 Å². The molecule has 31 heavy (non-hydrogen) atoms. The molecule has 0 heterocycles. The van der Waals surface area contributed by atoms with E-state index in [0.29, 0.717) is 37.4 Å². The zero-order chi connectivity index (χ0) is 23.1. The molecule has 0 atom stereocenters. The van der Waals surface area contributed by atoms with Gasteiger partial charge in [0.05, 0.1) is 19.6 Å². The van der Waals surface area contributed by atoms with E-state index in [9.17, 15) is 14.4 Å². The Morgan fingerprint density at radius 1 is 1.00 bits per heavy atom. The van der Waals surface area contributed by atoms with Crippen molar-refractivity contribution in [1.82, 2.24) is 0 Å². The molecule has 0 amide bonds. The van der Waals surface area contributed by atoms with Gasteiger partial charge in [-0.1, -0.05) is 38.8 Å². The van der Waals surface area contributed by atoms with Crippen molar-refractivity contribution < 1.29 is 28.6 Å². The van der Waals surface area contributed by atoms with Crippen molar-refractivity contribution in [3.8, 4) is 11.5 Å². The van der Waals surface area contributed by atoms with Crippen LogP contribution in [0.1, 0.15) is 71.3 Å². The van der Waals surface area contributed by atoms with E-state index in [1.807, 2.05) is 19.1 Å². The highest BCUT2D eigenvalue weighted by Crippen LogP contribution is 2.29. The van der Waals surface area contributed by atoms with E-state index >= 15 is 0 Å². The second kappa shape index (κ2) is 15.2. The summed E-state index contributed by atoms with van der Waals surface area (Å²) < 4.78 is 15.5. The van der Waals surface area contributed by atoms with Crippen LogP contribution in [-0.2, 0) is 25.5 Å². The van der Waals surface area contributed by atoms with Crippen LogP contribution in [0.3, 0.4) is 0 Å². The van der Waals surface area contributed by atoms with Crippen LogP contribution >= 0.6 is 0 Å². The third kappa shape index (κ3) is 11.4. The molecule has 1 rings (SSSR count). The highest BCUT2D eigenvalue weighted by molar-refractivity contribution is 5.89. The van der Waals surface area contributed by atoms with Gasteiger partial charge in [0.1, 0.15) is 0 Å². The van der Waals surface area contributed by atoms with Gasteiger partial charge in [-0.25, -0.2) is 0 Å². The number of ether oxygens (including phenoxy) is 3. The van der Waals surface area contributed by atoms with E-state index < -0.39 is 0 Å². The molecule has 0 N–H and O–H groups in total. The summed E-state index contributed by atoms with van der Waals surface area (Å²) in [5.41, 5.74) is 0.949. The van der Waals surface area contributed by atoms with Crippen molar-refractivity contribution in [2.24, 2.45) is 5.92 Å². The lowest BCUT2D eigenvalue weighted by atomic mass is 10.1. The third-order valence-electron chi connectivity index (χ3n) is 4.68. The molecule has 1 aromatic carbocycles. The summed E-state index contributed by atoms with van der Waals surface area (Å²) in [6.07, 6.45) is 9.77. The van der Waals surface area contributed by atoms with Gasteiger partial charge in [0.15, 0.2) is 17.3 Å². The topological polar surface area (TPSA) is 78.9 Å². The number of aryl methyl sites for hydroxylation is 1. The zero-order valence-electron chi connectivity index (χ0n) is 19.3. The van der Waals surface area contributed by atoms with Crippen molar-refractivity contribution in [3.05, 3.63) is 35.9 Å². The first-order valence-corrected chi connectivity index (χ1v) is 11.1. The molecule has 0 aliphatic carbocycles. The maximum atomic E-state index is 12.1. The Labute approximate surface area is 186 Å². The number of esters is 2. The van der Waals surface area contributed by atoms with Crippen LogP contribution in [0.15, 0.2) is 30.4 Å². The van der Waals surface area contributed by atoms with Crippen LogP contribution in [0, 0.1) is 5.92 Å². The van der Waals surface area contributed by atoms with Gasteiger partial charge in [0.2, 0.25) is 0 Å². The second-order valence-corrected chi connectivity index (χ2v) is 7.69. The summed E-state index contributed by atoms with van der Waals surface area (Å²) in [4.78, 5) is 35.1. The predicted octanol–water partition coefficient (Wildman–Crippen LogP) is 5.22. The van der Waals surface area contributed by atoms with E-state index in [-0.39, 0.29) is 23.6 Å². The Kier molecular flexibility index (Phi) is 13.0. The smallest absolute Gasteiger partial charge is 0.313 e. The SMILES string of the molecule is CCOC(=O)CCCCCC/C=C/C(=O)CCc1ccc(OC(=O)C(C)C)c(OC)c1. The van der Waals surface area contributed by atoms with E-state index in [4.69, 9.17) is 14.2 Å². The molecule has 0 aromatic heterocycles. The Hall–Kier alpha value is -2.63. The fourth-order valence-electron chi connectivity index (χ4n) is 2.86. The molecule has 0 bridgehead atoms. The summed E-state index contributed by atoms with van der Waals surface area (Å²) in [7, 11) is 1.52. The molecule has 1 aromatic rings. The molecule has 0 aliphatic rings. The molecule has 0 saturated heterocycles. The first-order chi connectivity index (χ1) is 14.9. The zero-order valence-corrected chi connectivity index (χ0v) is 19.3. The molecular weight excluding hydrogens is 396 g/mol. The number of methoxy groups -OCH3 is 1. The predicted molar refractivity (Wildman–Crippen MR) is 120 cm³/mol. The maximum absolute atomic E-state index is 12.1. The largest absolute Gasteiger partial charge is 0.493 e. The van der Waals surface area contributed by atoms with Gasteiger partial charge >= 0.3 is 11.9 Å². The molecule has 0 radical (unpaired) electrons. The standard InChI is InChI=1S/C25H36O6/c1-5-30-24(27)13-11-9-7-6-8-10-12-21(26)16-14-20-15-17-22(23(18-20)29-4)31-25(28)19(2)3/h10,12,15,17-19H,5-9,11,13-14,16H2,1-4H3/b12-10+. The first-order valence-electron chi connectivity index (χ1n) is 11.1. The van der Waals surface area contributed by atoms with Crippen LogP contribution in [0.4, 0.5) is 0 Å². The van der Waals surface area contributed by atoms with E-state index in [1.54, 1.807) is 32.1 Å². The van der Waals surface area contributed by atoms with Gasteiger partial charge in [0, 0.05) is 12.8 Å². The molecule has 0 unspecified atom stereocenters. The number of hydrogen-bond donors (Lipinski definition) is 0. The van der Waals surface area contributed by atoms with Crippen molar-refractivity contribution in [2.45, 2.75) is 72.1 Å². The summed E-state index contributed by atoms with van der Waals surface area (Å²) in [5, 5.41) is 0. The van der Waals surface area contributed by atoms with Crippen LogP contribution in [-0.4, -0.2) is 31.4 Å². The van der Waals surface area contributed by atoms with E-state index in [1.165, 1.54) is 7.11 Å². The molecule has 0 aliphatic heterocycles. The molecular formula is C25H36O6. The molecule has 6 heteroatoms. The molecule has 172 valence electrons. The Morgan fingerprint density at radius 2 is 1.74 bits per heavy atom. The van der Waals surface area contributed by atoms with Crippen LogP contribution in [0.5, 0.6) is 11.5 Å². The summed E-state index contributed by atoms with van der Waals surface area (Å²) in [6, 6.07) is 5.35. The lowest BCUT2D eigenvalue weighted by Crippen LogP contribution is -2.15. The lowest BCUT2D eigenvalue weighted by molar-refractivity contribution is -0.143. The van der Waals surface area contributed by atoms with Gasteiger partial charge in [-0.2, -0.15) is 0 Å². The maximum Gasteiger partial charge on any atom is 0.313 e. The Bertz CT molecular complexity index is 736. The quantitative estimate of drug-likeness (QED) is 0.164. The van der Waals surface area contributed by atoms with Gasteiger partial charge < -0.3 is 14.2 Å². The number of hydrogen-bond acceptors (Lipinski definition) is 6. The van der Waals surface area contributed by atoms with Crippen molar-refractivity contribution >= 4 is 17.7 Å². The molecule has 0 fully saturated rings. The fourth-order valence-corrected chi connectivity index (χ4v) is 2.86. The summed E-state index contributed by atoms with van der Waals surface area (Å²) in [6.45, 7) is 5.79. The summed E-state index contributed by atoms with van der Waals surface area (Å²) in [5.74, 6) is 0.285. The number of carbonyl (C=O) groups excluding carboxylic acids is 3. The normalized spacial score (nSPS) is 11.0. The monoisotopic (exact) mass is 432 g/mol. The molecule has 0 saturated carbocycles. The van der Waals surface area contributed by atoms with Gasteiger partial charge in [-0.3, -0.25) is 14.4 Å². The number of rotatable bonds is 15. The summed E-state index contributed by atoms with van der Waals surface area (Å²) >= 11 is 0. The minimum absolute atomic E-state index is 0.0802. The molecule has 0 spiro atoms. The van der Waals surface area contributed by atoms with Crippen molar-refractivity contribution in [1.29, 1.82) is 0 Å². The second-order valence-electron chi connectivity index (χ2n) is 7.69. The minimum Gasteiger partial charge on any atom is -0.493 e. The van der Waals surface area contributed by atoms with E-state index in [2.05, 4.69) is 0 Å². The third-order valence-corrected chi connectivity index (χ3v) is 4.68. The fraction of sp³-hybridized carbons (Fsp3) is 0.560. The lowest BCUT2D eigenvalue weighted by Gasteiger charge is -2.12. The van der Waals surface area contributed by atoms with E-state index in [0.717, 1.165) is 37.7 Å². The average Bonchev–Trinajstić information content (AvgIpc) is 2.74. The minimum atomic E-state index is -0.314. The highest BCUT2D eigenvalue weighted by atomic mass is 16.6.